The molecule has 0 aliphatic carbocycles. The number of nitrogens with one attached hydrogen (secondary N) is 1. The number of H-pyrrole nitrogens is 1. The minimum atomic E-state index is -0.164. The summed E-state index contributed by atoms with van der Waals surface area (Å²) >= 11 is 0. The fourth-order valence-corrected chi connectivity index (χ4v) is 3.49. The van der Waals surface area contributed by atoms with Crippen LogP contribution in [0.2, 0.25) is 0 Å². The molecule has 0 spiro atoms. The first-order valence-corrected chi connectivity index (χ1v) is 8.70. The van der Waals surface area contributed by atoms with Gasteiger partial charge in [-0.05, 0) is 36.6 Å². The van der Waals surface area contributed by atoms with Crippen molar-refractivity contribution in [1.82, 2.24) is 20.1 Å². The van der Waals surface area contributed by atoms with E-state index in [1.807, 2.05) is 36.4 Å². The van der Waals surface area contributed by atoms with Crippen LogP contribution in [0.3, 0.4) is 0 Å². The zero-order valence-electron chi connectivity index (χ0n) is 14.0. The summed E-state index contributed by atoms with van der Waals surface area (Å²) in [5.41, 5.74) is 2.07. The van der Waals surface area contributed by atoms with Crippen molar-refractivity contribution in [3.63, 3.8) is 0 Å². The first kappa shape index (κ1) is 16.0. The first-order valence-electron chi connectivity index (χ1n) is 8.70. The Kier molecular flexibility index (Phi) is 4.57. The van der Waals surface area contributed by atoms with Gasteiger partial charge in [0, 0.05) is 25.1 Å². The lowest BCUT2D eigenvalue weighted by Crippen LogP contribution is -2.20. The molecule has 2 heterocycles. The lowest BCUT2D eigenvalue weighted by molar-refractivity contribution is 0.315. The molecule has 5 heteroatoms. The van der Waals surface area contributed by atoms with Crippen LogP contribution in [0.25, 0.3) is 11.4 Å². The number of halogens is 1. The molecule has 1 saturated heterocycles. The second-order valence-electron chi connectivity index (χ2n) is 6.70. The van der Waals surface area contributed by atoms with Gasteiger partial charge in [-0.15, -0.1) is 0 Å². The highest BCUT2D eigenvalue weighted by atomic mass is 19.1. The Balaban J connectivity index is 1.34. The van der Waals surface area contributed by atoms with Crippen molar-refractivity contribution >= 4 is 0 Å². The topological polar surface area (TPSA) is 44.8 Å². The normalized spacial score (nSPS) is 17.9. The molecule has 0 saturated carbocycles. The molecule has 1 fully saturated rings. The van der Waals surface area contributed by atoms with Crippen molar-refractivity contribution in [3.8, 4) is 11.4 Å². The highest BCUT2D eigenvalue weighted by Gasteiger charge is 2.24. The molecule has 1 aliphatic rings. The third-order valence-electron chi connectivity index (χ3n) is 4.71. The van der Waals surface area contributed by atoms with Gasteiger partial charge in [-0.25, -0.2) is 9.37 Å². The molecule has 1 aliphatic heterocycles. The van der Waals surface area contributed by atoms with E-state index in [9.17, 15) is 4.39 Å². The van der Waals surface area contributed by atoms with Gasteiger partial charge >= 0.3 is 0 Å². The van der Waals surface area contributed by atoms with Crippen LogP contribution < -0.4 is 0 Å². The van der Waals surface area contributed by atoms with E-state index in [1.165, 1.54) is 6.07 Å². The summed E-state index contributed by atoms with van der Waals surface area (Å²) in [4.78, 5) is 7.01. The highest BCUT2D eigenvalue weighted by molar-refractivity contribution is 5.53. The number of hydrogen-bond acceptors (Lipinski definition) is 3. The quantitative estimate of drug-likeness (QED) is 0.773. The van der Waals surface area contributed by atoms with E-state index < -0.39 is 0 Å². The average molecular weight is 336 g/mol. The van der Waals surface area contributed by atoms with E-state index in [0.717, 1.165) is 55.3 Å². The Hall–Kier alpha value is -2.53. The fourth-order valence-electron chi connectivity index (χ4n) is 3.49. The Labute approximate surface area is 146 Å². The zero-order chi connectivity index (χ0) is 17.1. The molecular weight excluding hydrogens is 315 g/mol. The number of benzene rings is 2. The van der Waals surface area contributed by atoms with Gasteiger partial charge in [0.05, 0.1) is 0 Å². The van der Waals surface area contributed by atoms with Gasteiger partial charge in [-0.1, -0.05) is 42.5 Å². The van der Waals surface area contributed by atoms with Crippen LogP contribution in [0.4, 0.5) is 4.39 Å². The van der Waals surface area contributed by atoms with Crippen LogP contribution in [0.1, 0.15) is 17.8 Å². The summed E-state index contributed by atoms with van der Waals surface area (Å²) < 4.78 is 13.3. The minimum absolute atomic E-state index is 0.164. The van der Waals surface area contributed by atoms with Crippen LogP contribution >= 0.6 is 0 Å². The lowest BCUT2D eigenvalue weighted by Gasteiger charge is -2.15. The summed E-state index contributed by atoms with van der Waals surface area (Å²) in [6.45, 7) is 2.86. The van der Waals surface area contributed by atoms with E-state index in [4.69, 9.17) is 0 Å². The van der Waals surface area contributed by atoms with Gasteiger partial charge in [0.1, 0.15) is 11.6 Å². The van der Waals surface area contributed by atoms with E-state index in [2.05, 4.69) is 20.1 Å². The molecule has 2 aromatic carbocycles. The smallest absolute Gasteiger partial charge is 0.181 e. The summed E-state index contributed by atoms with van der Waals surface area (Å²) in [5, 5.41) is 7.41. The maximum absolute atomic E-state index is 13.3. The number of aromatic amines is 1. The molecule has 25 heavy (non-hydrogen) atoms. The predicted octanol–water partition coefficient (Wildman–Crippen LogP) is 3.68. The second kappa shape index (κ2) is 7.15. The van der Waals surface area contributed by atoms with E-state index in [0.29, 0.717) is 5.92 Å². The first-order chi connectivity index (χ1) is 12.3. The second-order valence-corrected chi connectivity index (χ2v) is 6.70. The molecule has 1 aromatic heterocycles. The molecule has 0 bridgehead atoms. The van der Waals surface area contributed by atoms with Crippen molar-refractivity contribution in [2.45, 2.75) is 19.4 Å². The summed E-state index contributed by atoms with van der Waals surface area (Å²) in [6.07, 6.45) is 2.04. The number of likely N-dealkylation sites (tertiary alicyclic amines) is 1. The maximum atomic E-state index is 13.3. The molecule has 128 valence electrons. The molecule has 3 aromatic rings. The van der Waals surface area contributed by atoms with Crippen LogP contribution in [-0.4, -0.2) is 33.2 Å². The average Bonchev–Trinajstić information content (AvgIpc) is 3.26. The fraction of sp³-hybridized carbons (Fsp3) is 0.300. The van der Waals surface area contributed by atoms with E-state index in [-0.39, 0.29) is 5.82 Å². The Morgan fingerprint density at radius 1 is 1.12 bits per heavy atom. The van der Waals surface area contributed by atoms with Crippen molar-refractivity contribution in [2.75, 3.05) is 13.1 Å². The molecule has 0 amide bonds. The zero-order valence-corrected chi connectivity index (χ0v) is 14.0. The largest absolute Gasteiger partial charge is 0.299 e. The van der Waals surface area contributed by atoms with Gasteiger partial charge in [-0.3, -0.25) is 10.00 Å². The van der Waals surface area contributed by atoms with Gasteiger partial charge in [0.2, 0.25) is 0 Å². The highest BCUT2D eigenvalue weighted by Crippen LogP contribution is 2.22. The molecule has 1 atom stereocenters. The monoisotopic (exact) mass is 336 g/mol. The number of aromatic nitrogens is 3. The Morgan fingerprint density at radius 3 is 2.84 bits per heavy atom. The van der Waals surface area contributed by atoms with Crippen LogP contribution in [-0.2, 0) is 13.0 Å². The SMILES string of the molecule is Fc1cccc(CN2CCC(Cc3nc(-c4ccccc4)n[nH]3)C2)c1. The Morgan fingerprint density at radius 2 is 2.00 bits per heavy atom. The van der Waals surface area contributed by atoms with Gasteiger partial charge < -0.3 is 0 Å². The molecule has 1 unspecified atom stereocenters. The maximum Gasteiger partial charge on any atom is 0.181 e. The predicted molar refractivity (Wildman–Crippen MR) is 95.3 cm³/mol. The molecule has 4 nitrogen and oxygen atoms in total. The lowest BCUT2D eigenvalue weighted by atomic mass is 10.0. The summed E-state index contributed by atoms with van der Waals surface area (Å²) in [7, 11) is 0. The van der Waals surface area contributed by atoms with E-state index in [1.54, 1.807) is 12.1 Å². The minimum Gasteiger partial charge on any atom is -0.299 e. The standard InChI is InChI=1S/C20H21FN4/c21-18-8-4-5-15(11-18)13-25-10-9-16(14-25)12-19-22-20(24-23-19)17-6-2-1-3-7-17/h1-8,11,16H,9-10,12-14H2,(H,22,23,24). The van der Waals surface area contributed by atoms with Crippen LogP contribution in [0.15, 0.2) is 54.6 Å². The van der Waals surface area contributed by atoms with E-state index >= 15 is 0 Å². The molecular formula is C20H21FN4. The van der Waals surface area contributed by atoms with Gasteiger partial charge in [0.15, 0.2) is 5.82 Å². The molecule has 0 radical (unpaired) electrons. The van der Waals surface area contributed by atoms with Crippen LogP contribution in [0, 0.1) is 11.7 Å². The third-order valence-corrected chi connectivity index (χ3v) is 4.71. The summed E-state index contributed by atoms with van der Waals surface area (Å²) in [5.74, 6) is 2.09. The van der Waals surface area contributed by atoms with Gasteiger partial charge in [0.25, 0.3) is 0 Å². The molecule has 4 rings (SSSR count). The number of nitrogens with zero attached hydrogens (tertiary/aromatic N) is 3. The van der Waals surface area contributed by atoms with Gasteiger partial charge in [-0.2, -0.15) is 5.10 Å². The Bertz CT molecular complexity index is 830. The van der Waals surface area contributed by atoms with Crippen LogP contribution in [0.5, 0.6) is 0 Å². The third kappa shape index (κ3) is 3.94. The van der Waals surface area contributed by atoms with Crippen molar-refractivity contribution < 1.29 is 4.39 Å². The van der Waals surface area contributed by atoms with Crippen molar-refractivity contribution in [2.24, 2.45) is 5.92 Å². The number of rotatable bonds is 5. The molecule has 1 N–H and O–H groups in total. The van der Waals surface area contributed by atoms with Crippen molar-refractivity contribution in [3.05, 3.63) is 71.8 Å². The summed E-state index contributed by atoms with van der Waals surface area (Å²) in [6, 6.07) is 16.9. The van der Waals surface area contributed by atoms with Crippen molar-refractivity contribution in [1.29, 1.82) is 0 Å². The number of hydrogen-bond donors (Lipinski definition) is 1.